The lowest BCUT2D eigenvalue weighted by molar-refractivity contribution is -0.142. The molecule has 6 heteroatoms. The normalized spacial score (nSPS) is 24.9. The maximum Gasteiger partial charge on any atom is 0.330 e. The monoisotopic (exact) mass is 329 g/mol. The number of carbonyl (C=O) groups is 1. The summed E-state index contributed by atoms with van der Waals surface area (Å²) >= 11 is 0. The lowest BCUT2D eigenvalue weighted by atomic mass is 9.73. The van der Waals surface area contributed by atoms with Gasteiger partial charge in [-0.2, -0.15) is 14.9 Å². The van der Waals surface area contributed by atoms with Gasteiger partial charge in [-0.15, -0.1) is 0 Å². The fourth-order valence-corrected chi connectivity index (χ4v) is 3.28. The number of likely N-dealkylation sites (tertiary alicyclic amines) is 1. The molecular weight excluding hydrogens is 309 g/mol. The zero-order valence-corrected chi connectivity index (χ0v) is 13.9. The number of carbonyl (C=O) groups excluding carboxylic acids is 1. The van der Waals surface area contributed by atoms with Gasteiger partial charge in [-0.1, -0.05) is 20.4 Å². The van der Waals surface area contributed by atoms with Crippen LogP contribution in [0.1, 0.15) is 33.1 Å². The van der Waals surface area contributed by atoms with Crippen LogP contribution in [0.4, 0.5) is 4.39 Å². The summed E-state index contributed by atoms with van der Waals surface area (Å²) in [6, 6.07) is 3.58. The highest BCUT2D eigenvalue weighted by molar-refractivity contribution is 5.81. The summed E-state index contributed by atoms with van der Waals surface area (Å²) < 4.78 is 19.2. The fourth-order valence-electron chi connectivity index (χ4n) is 3.28. The first kappa shape index (κ1) is 17.7. The molecule has 0 amide bonds. The summed E-state index contributed by atoms with van der Waals surface area (Å²) in [7, 11) is 0. The van der Waals surface area contributed by atoms with Crippen LogP contribution in [-0.4, -0.2) is 30.1 Å². The van der Waals surface area contributed by atoms with Gasteiger partial charge < -0.3 is 9.64 Å². The van der Waals surface area contributed by atoms with Crippen molar-refractivity contribution in [2.24, 2.45) is 5.41 Å². The van der Waals surface area contributed by atoms with E-state index in [1.54, 1.807) is 0 Å². The highest BCUT2D eigenvalue weighted by atomic mass is 19.1. The van der Waals surface area contributed by atoms with Crippen molar-refractivity contribution in [3.05, 3.63) is 35.3 Å². The number of nitrogens with zero attached hydrogens (tertiary/aromatic N) is 3. The maximum absolute atomic E-state index is 14.0. The third-order valence-corrected chi connectivity index (χ3v) is 4.34. The lowest BCUT2D eigenvalue weighted by Crippen LogP contribution is -2.31. The Labute approximate surface area is 141 Å². The van der Waals surface area contributed by atoms with Gasteiger partial charge in [0.05, 0.1) is 12.1 Å². The Morgan fingerprint density at radius 3 is 2.75 bits per heavy atom. The number of hydrogen-bond donors (Lipinski definition) is 0. The van der Waals surface area contributed by atoms with Crippen LogP contribution in [-0.2, 0) is 9.53 Å². The van der Waals surface area contributed by atoms with Crippen molar-refractivity contribution in [2.75, 3.05) is 13.1 Å². The molecule has 1 aliphatic heterocycles. The molecule has 24 heavy (non-hydrogen) atoms. The van der Waals surface area contributed by atoms with Crippen molar-refractivity contribution < 1.29 is 13.9 Å². The minimum absolute atomic E-state index is 0.179. The van der Waals surface area contributed by atoms with E-state index in [1.165, 1.54) is 6.07 Å². The van der Waals surface area contributed by atoms with Crippen LogP contribution < -0.4 is 0 Å². The third kappa shape index (κ3) is 3.65. The second-order valence-electron chi connectivity index (χ2n) is 6.85. The topological polar surface area (TPSA) is 77.1 Å². The molecular formula is C18H20FN3O2. The van der Waals surface area contributed by atoms with E-state index in [0.29, 0.717) is 32.4 Å². The molecule has 2 rings (SSSR count). The smallest absolute Gasteiger partial charge is 0.330 e. The molecule has 0 aromatic rings. The van der Waals surface area contributed by atoms with Crippen LogP contribution in [0, 0.1) is 28.1 Å². The van der Waals surface area contributed by atoms with E-state index in [4.69, 9.17) is 10.00 Å². The van der Waals surface area contributed by atoms with Gasteiger partial charge in [0, 0.05) is 30.3 Å². The quantitative estimate of drug-likeness (QED) is 0.451. The zero-order valence-electron chi connectivity index (χ0n) is 13.9. The molecule has 0 spiro atoms. The van der Waals surface area contributed by atoms with Gasteiger partial charge in [0.1, 0.15) is 18.2 Å². The highest BCUT2D eigenvalue weighted by Gasteiger charge is 2.37. The molecule has 1 aliphatic carbocycles. The van der Waals surface area contributed by atoms with Gasteiger partial charge in [0.15, 0.2) is 0 Å². The van der Waals surface area contributed by atoms with Gasteiger partial charge >= 0.3 is 5.97 Å². The molecule has 5 nitrogen and oxygen atoms in total. The summed E-state index contributed by atoms with van der Waals surface area (Å²) in [6.45, 7) is 8.42. The van der Waals surface area contributed by atoms with E-state index >= 15 is 0 Å². The Hall–Kier alpha value is -2.60. The first-order valence-corrected chi connectivity index (χ1v) is 7.81. The molecule has 1 saturated heterocycles. The molecule has 0 aromatic carbocycles. The van der Waals surface area contributed by atoms with E-state index in [-0.39, 0.29) is 22.7 Å². The van der Waals surface area contributed by atoms with Crippen LogP contribution >= 0.6 is 0 Å². The van der Waals surface area contributed by atoms with Crippen molar-refractivity contribution in [1.82, 2.24) is 4.90 Å². The van der Waals surface area contributed by atoms with Gasteiger partial charge in [0.25, 0.3) is 0 Å². The average molecular weight is 329 g/mol. The summed E-state index contributed by atoms with van der Waals surface area (Å²) in [5.41, 5.74) is 0.892. The molecule has 0 bridgehead atoms. The fraction of sp³-hybridized carbons (Fsp3) is 0.500. The zero-order chi connectivity index (χ0) is 17.9. The summed E-state index contributed by atoms with van der Waals surface area (Å²) in [5.74, 6) is -1.37. The highest BCUT2D eigenvalue weighted by Crippen LogP contribution is 2.44. The minimum Gasteiger partial charge on any atom is -0.457 e. The molecule has 0 saturated carbocycles. The molecule has 2 aliphatic rings. The molecule has 1 unspecified atom stereocenters. The van der Waals surface area contributed by atoms with Crippen molar-refractivity contribution in [3.63, 3.8) is 0 Å². The number of rotatable bonds is 3. The van der Waals surface area contributed by atoms with Crippen LogP contribution in [0.15, 0.2) is 35.3 Å². The van der Waals surface area contributed by atoms with Crippen LogP contribution in [0.25, 0.3) is 0 Å². The Balaban J connectivity index is 2.34. The van der Waals surface area contributed by atoms with Crippen molar-refractivity contribution in [3.8, 4) is 12.1 Å². The SMILES string of the molecule is C=CC(=O)OC1CCN(C2=C(C#N)/C(=C(/F)C#N)CC(C)(C)C2)C1. The first-order chi connectivity index (χ1) is 11.3. The predicted octanol–water partition coefficient (Wildman–Crippen LogP) is 3.13. The molecule has 1 heterocycles. The summed E-state index contributed by atoms with van der Waals surface area (Å²) in [5, 5.41) is 18.4. The number of nitriles is 2. The summed E-state index contributed by atoms with van der Waals surface area (Å²) in [4.78, 5) is 13.3. The van der Waals surface area contributed by atoms with Crippen molar-refractivity contribution >= 4 is 5.97 Å². The van der Waals surface area contributed by atoms with Gasteiger partial charge in [-0.25, -0.2) is 4.79 Å². The van der Waals surface area contributed by atoms with Crippen LogP contribution in [0.2, 0.25) is 0 Å². The van der Waals surface area contributed by atoms with E-state index in [2.05, 4.69) is 12.6 Å². The van der Waals surface area contributed by atoms with Gasteiger partial charge in [0.2, 0.25) is 5.83 Å². The Bertz CT molecular complexity index is 707. The minimum atomic E-state index is -0.898. The van der Waals surface area contributed by atoms with Crippen molar-refractivity contribution in [2.45, 2.75) is 39.2 Å². The number of ether oxygens (including phenoxy) is 1. The van der Waals surface area contributed by atoms with E-state index in [0.717, 1.165) is 11.8 Å². The standard InChI is InChI=1S/C18H20FN3O2/c1-4-17(23)24-12-5-6-22(11-12)16-8-18(2,3)7-13(14(16)9-20)15(19)10-21/h4,12H,1,5-8,11H2,2-3H3/b15-13+. The van der Waals surface area contributed by atoms with Crippen molar-refractivity contribution in [1.29, 1.82) is 10.5 Å². The molecule has 0 N–H and O–H groups in total. The lowest BCUT2D eigenvalue weighted by Gasteiger charge is -2.37. The summed E-state index contributed by atoms with van der Waals surface area (Å²) in [6.07, 6.45) is 2.44. The van der Waals surface area contributed by atoms with Crippen LogP contribution in [0.3, 0.4) is 0 Å². The molecule has 0 aromatic heterocycles. The van der Waals surface area contributed by atoms with Crippen LogP contribution in [0.5, 0.6) is 0 Å². The second kappa shape index (κ2) is 6.88. The van der Waals surface area contributed by atoms with E-state index in [9.17, 15) is 14.4 Å². The van der Waals surface area contributed by atoms with E-state index in [1.807, 2.05) is 18.7 Å². The maximum atomic E-state index is 14.0. The second-order valence-corrected chi connectivity index (χ2v) is 6.85. The predicted molar refractivity (Wildman–Crippen MR) is 85.7 cm³/mol. The number of halogens is 1. The number of allylic oxidation sites excluding steroid dienone is 4. The Morgan fingerprint density at radius 2 is 2.17 bits per heavy atom. The van der Waals surface area contributed by atoms with Gasteiger partial charge in [-0.3, -0.25) is 0 Å². The largest absolute Gasteiger partial charge is 0.457 e. The molecule has 126 valence electrons. The first-order valence-electron chi connectivity index (χ1n) is 7.81. The Morgan fingerprint density at radius 1 is 1.46 bits per heavy atom. The van der Waals surface area contributed by atoms with Gasteiger partial charge in [-0.05, 0) is 18.3 Å². The third-order valence-electron chi connectivity index (χ3n) is 4.34. The van der Waals surface area contributed by atoms with E-state index < -0.39 is 11.8 Å². The molecule has 1 fully saturated rings. The Kier molecular flexibility index (Phi) is 5.09. The average Bonchev–Trinajstić information content (AvgIpc) is 3.00. The number of hydrogen-bond acceptors (Lipinski definition) is 5. The number of esters is 1. The molecule has 0 radical (unpaired) electrons. The molecule has 1 atom stereocenters.